The molecular weight excluding hydrogens is 465 g/mol. The van der Waals surface area contributed by atoms with Gasteiger partial charge < -0.3 is 26.4 Å². The number of benzene rings is 2. The molecule has 178 valence electrons. The van der Waals surface area contributed by atoms with E-state index in [1.54, 1.807) is 37.3 Å². The fourth-order valence-electron chi connectivity index (χ4n) is 4.20. The van der Waals surface area contributed by atoms with Crippen LogP contribution >= 0.6 is 11.6 Å². The number of rotatable bonds is 4. The van der Waals surface area contributed by atoms with Crippen LogP contribution in [0.4, 0.5) is 19.7 Å². The first-order chi connectivity index (χ1) is 16.2. The fraction of sp³-hybridized carbons (Fsp3) is 0.261. The molecule has 0 spiro atoms. The first-order valence-corrected chi connectivity index (χ1v) is 11.0. The maximum Gasteiger partial charge on any atom is 0.323 e. The van der Waals surface area contributed by atoms with Crippen molar-refractivity contribution in [3.63, 3.8) is 0 Å². The van der Waals surface area contributed by atoms with Crippen LogP contribution in [0.3, 0.4) is 0 Å². The number of carbonyl (C=O) groups is 3. The highest BCUT2D eigenvalue weighted by molar-refractivity contribution is 6.30. The van der Waals surface area contributed by atoms with E-state index in [1.165, 1.54) is 27.8 Å². The summed E-state index contributed by atoms with van der Waals surface area (Å²) >= 11 is 5.83. The molecule has 4 amide bonds. The molecule has 3 aromatic rings. The molecule has 0 bridgehead atoms. The molecule has 11 heteroatoms. The van der Waals surface area contributed by atoms with Gasteiger partial charge in [0.1, 0.15) is 11.9 Å². The van der Waals surface area contributed by atoms with Crippen molar-refractivity contribution in [1.29, 1.82) is 0 Å². The summed E-state index contributed by atoms with van der Waals surface area (Å²) in [5.74, 6) is -1.28. The largest absolute Gasteiger partial charge is 0.390 e. The van der Waals surface area contributed by atoms with Gasteiger partial charge in [-0.15, -0.1) is 0 Å². The van der Waals surface area contributed by atoms with Crippen molar-refractivity contribution >= 4 is 46.2 Å². The van der Waals surface area contributed by atoms with Gasteiger partial charge in [0.25, 0.3) is 0 Å². The van der Waals surface area contributed by atoms with E-state index < -0.39 is 42.0 Å². The number of halogens is 2. The molecule has 4 rings (SSSR count). The Morgan fingerprint density at radius 1 is 1.21 bits per heavy atom. The zero-order valence-corrected chi connectivity index (χ0v) is 18.9. The van der Waals surface area contributed by atoms with Gasteiger partial charge in [0, 0.05) is 23.7 Å². The Balaban J connectivity index is 1.53. The number of hydrogen-bond acceptors (Lipinski definition) is 4. The van der Waals surface area contributed by atoms with Crippen LogP contribution < -0.4 is 16.4 Å². The van der Waals surface area contributed by atoms with Crippen LogP contribution in [-0.4, -0.2) is 51.2 Å². The van der Waals surface area contributed by atoms with Crippen molar-refractivity contribution in [3.8, 4) is 0 Å². The van der Waals surface area contributed by atoms with Crippen molar-refractivity contribution in [2.45, 2.75) is 31.5 Å². The quantitative estimate of drug-likeness (QED) is 0.450. The summed E-state index contributed by atoms with van der Waals surface area (Å²) in [5.41, 5.74) is 6.44. The Bertz CT molecular complexity index is 1280. The first kappa shape index (κ1) is 23.5. The van der Waals surface area contributed by atoms with Crippen LogP contribution in [0.2, 0.25) is 5.02 Å². The lowest BCUT2D eigenvalue weighted by atomic mass is 10.1. The molecule has 2 aromatic carbocycles. The maximum atomic E-state index is 14.3. The van der Waals surface area contributed by atoms with Crippen molar-refractivity contribution in [2.24, 2.45) is 5.73 Å². The van der Waals surface area contributed by atoms with E-state index in [0.29, 0.717) is 16.6 Å². The minimum Gasteiger partial charge on any atom is -0.390 e. The predicted octanol–water partition coefficient (Wildman–Crippen LogP) is 3.21. The predicted molar refractivity (Wildman–Crippen MR) is 125 cm³/mol. The van der Waals surface area contributed by atoms with Crippen molar-refractivity contribution in [3.05, 3.63) is 65.1 Å². The number of carbonyl (C=O) groups excluding carboxylic acids is 3. The van der Waals surface area contributed by atoms with Crippen LogP contribution in [-0.2, 0) is 4.79 Å². The lowest BCUT2D eigenvalue weighted by molar-refractivity contribution is -0.127. The summed E-state index contributed by atoms with van der Waals surface area (Å²) in [5, 5.41) is 16.3. The van der Waals surface area contributed by atoms with E-state index in [-0.39, 0.29) is 23.6 Å². The molecule has 1 aliphatic heterocycles. The van der Waals surface area contributed by atoms with Crippen molar-refractivity contribution < 1.29 is 23.9 Å². The number of likely N-dealkylation sites (tertiary alicyclic amines) is 1. The average Bonchev–Trinajstić information content (AvgIpc) is 3.36. The van der Waals surface area contributed by atoms with Crippen LogP contribution in [0.5, 0.6) is 0 Å². The number of nitrogens with zero attached hydrogens (tertiary/aromatic N) is 2. The van der Waals surface area contributed by atoms with E-state index in [4.69, 9.17) is 17.3 Å². The molecule has 3 atom stereocenters. The summed E-state index contributed by atoms with van der Waals surface area (Å²) in [6, 6.07) is 8.05. The van der Waals surface area contributed by atoms with Crippen LogP contribution in [0.25, 0.3) is 10.9 Å². The molecule has 0 aliphatic carbocycles. The van der Waals surface area contributed by atoms with Crippen LogP contribution in [0.15, 0.2) is 48.7 Å². The minimum atomic E-state index is -1.19. The molecule has 1 fully saturated rings. The number of fused-ring (bicyclic) bond motifs is 1. The molecule has 0 saturated carbocycles. The number of anilines is 1. The number of amides is 4. The molecule has 34 heavy (non-hydrogen) atoms. The summed E-state index contributed by atoms with van der Waals surface area (Å²) in [4.78, 5) is 39.0. The number of aliphatic hydroxyl groups is 1. The van der Waals surface area contributed by atoms with E-state index in [1.807, 2.05) is 0 Å². The molecule has 0 radical (unpaired) electrons. The zero-order chi connectivity index (χ0) is 24.6. The second-order valence-electron chi connectivity index (χ2n) is 8.07. The highest BCUT2D eigenvalue weighted by Crippen LogP contribution is 2.28. The lowest BCUT2D eigenvalue weighted by Crippen LogP contribution is -2.51. The zero-order valence-electron chi connectivity index (χ0n) is 18.2. The molecule has 2 heterocycles. The van der Waals surface area contributed by atoms with E-state index >= 15 is 0 Å². The maximum absolute atomic E-state index is 14.3. The summed E-state index contributed by atoms with van der Waals surface area (Å²) in [6.45, 7) is 1.70. The van der Waals surface area contributed by atoms with Gasteiger partial charge in [-0.25, -0.2) is 14.0 Å². The Labute approximate surface area is 199 Å². The third-order valence-electron chi connectivity index (χ3n) is 5.89. The number of urea groups is 1. The second-order valence-corrected chi connectivity index (χ2v) is 8.47. The lowest BCUT2D eigenvalue weighted by Gasteiger charge is -2.27. The SMILES string of the molecule is C[C@H](NC(=O)[C@@H]1[C@H](O)CCN1C(=O)Nc1cn(C(N)=O)c2ccccc12)c1cccc(Cl)c1F. The van der Waals surface area contributed by atoms with Gasteiger partial charge in [-0.3, -0.25) is 9.36 Å². The van der Waals surface area contributed by atoms with Gasteiger partial charge in [0.05, 0.1) is 28.4 Å². The summed E-state index contributed by atoms with van der Waals surface area (Å²) in [6.07, 6.45) is 0.486. The number of primary amides is 1. The number of aromatic nitrogens is 1. The molecule has 5 N–H and O–H groups in total. The molecule has 9 nitrogen and oxygen atoms in total. The summed E-state index contributed by atoms with van der Waals surface area (Å²) in [7, 11) is 0. The third kappa shape index (κ3) is 4.29. The number of aliphatic hydroxyl groups excluding tert-OH is 1. The van der Waals surface area contributed by atoms with Gasteiger partial charge >= 0.3 is 12.1 Å². The van der Waals surface area contributed by atoms with Crippen LogP contribution in [0, 0.1) is 5.82 Å². The van der Waals surface area contributed by atoms with Gasteiger partial charge in [-0.05, 0) is 25.5 Å². The van der Waals surface area contributed by atoms with E-state index in [2.05, 4.69) is 10.6 Å². The van der Waals surface area contributed by atoms with Crippen LogP contribution in [0.1, 0.15) is 24.9 Å². The normalized spacial score (nSPS) is 18.6. The van der Waals surface area contributed by atoms with Crippen molar-refractivity contribution in [2.75, 3.05) is 11.9 Å². The number of nitrogens with two attached hydrogens (primary N) is 1. The summed E-state index contributed by atoms with van der Waals surface area (Å²) < 4.78 is 15.6. The van der Waals surface area contributed by atoms with E-state index in [0.717, 1.165) is 0 Å². The standard InChI is InChI=1S/C23H23ClFN5O4/c1-12(13-6-4-7-15(24)19(13)25)27-21(32)20-18(31)9-10-29(20)23(34)28-16-11-30(22(26)33)17-8-3-2-5-14(16)17/h2-8,11-12,18,20,31H,9-10H2,1H3,(H2,26,33)(H,27,32)(H,28,34)/t12-,18+,20-/m0/s1. The average molecular weight is 488 g/mol. The van der Waals surface area contributed by atoms with Crippen molar-refractivity contribution in [1.82, 2.24) is 14.8 Å². The van der Waals surface area contributed by atoms with Gasteiger partial charge in [-0.2, -0.15) is 0 Å². The van der Waals surface area contributed by atoms with E-state index in [9.17, 15) is 23.9 Å². The topological polar surface area (TPSA) is 130 Å². The Hall–Kier alpha value is -3.63. The third-order valence-corrected chi connectivity index (χ3v) is 6.19. The van der Waals surface area contributed by atoms with Gasteiger partial charge in [-0.1, -0.05) is 41.9 Å². The molecular formula is C23H23ClFN5O4. The highest BCUT2D eigenvalue weighted by atomic mass is 35.5. The molecule has 1 saturated heterocycles. The molecule has 0 unspecified atom stereocenters. The first-order valence-electron chi connectivity index (χ1n) is 10.6. The van der Waals surface area contributed by atoms with Gasteiger partial charge in [0.15, 0.2) is 0 Å². The number of para-hydroxylation sites is 1. The Morgan fingerprint density at radius 3 is 2.68 bits per heavy atom. The fourth-order valence-corrected chi connectivity index (χ4v) is 4.38. The minimum absolute atomic E-state index is 0.0735. The Morgan fingerprint density at radius 2 is 1.94 bits per heavy atom. The number of nitrogens with one attached hydrogen (secondary N) is 2. The monoisotopic (exact) mass is 487 g/mol. The smallest absolute Gasteiger partial charge is 0.323 e. The Kier molecular flexibility index (Phi) is 6.45. The molecule has 1 aliphatic rings. The number of hydrogen-bond donors (Lipinski definition) is 4. The van der Waals surface area contributed by atoms with Gasteiger partial charge in [0.2, 0.25) is 5.91 Å². The highest BCUT2D eigenvalue weighted by Gasteiger charge is 2.41. The molecule has 1 aromatic heterocycles. The second kappa shape index (κ2) is 9.32.